The molecule has 2 N–H and O–H groups in total. The number of nitrogens with zero attached hydrogens (tertiary/aromatic N) is 1. The quantitative estimate of drug-likeness (QED) is 0.652. The Morgan fingerprint density at radius 3 is 2.83 bits per heavy atom. The van der Waals surface area contributed by atoms with Crippen molar-refractivity contribution in [1.29, 1.82) is 0 Å². The van der Waals surface area contributed by atoms with E-state index in [1.807, 2.05) is 6.92 Å². The summed E-state index contributed by atoms with van der Waals surface area (Å²) in [7, 11) is 0. The summed E-state index contributed by atoms with van der Waals surface area (Å²) in [5, 5.41) is 17.6. The lowest BCUT2D eigenvalue weighted by molar-refractivity contribution is 0.0940. The molecular formula is C8H15NO3. The van der Waals surface area contributed by atoms with E-state index in [1.165, 1.54) is 4.90 Å². The number of hydrogen-bond acceptors (Lipinski definition) is 2. The molecule has 70 valence electrons. The maximum Gasteiger partial charge on any atom is 0.407 e. The SMILES string of the molecule is CC1(CCO)CCCN1C(=O)O. The monoisotopic (exact) mass is 173 g/mol. The Bertz CT molecular complexity index is 183. The number of rotatable bonds is 2. The van der Waals surface area contributed by atoms with Gasteiger partial charge >= 0.3 is 6.09 Å². The average molecular weight is 173 g/mol. The summed E-state index contributed by atoms with van der Waals surface area (Å²) in [6.45, 7) is 2.55. The van der Waals surface area contributed by atoms with E-state index in [1.54, 1.807) is 0 Å². The fourth-order valence-corrected chi connectivity index (χ4v) is 1.85. The Balaban J connectivity index is 2.67. The molecule has 0 radical (unpaired) electrons. The van der Waals surface area contributed by atoms with Gasteiger partial charge in [0.1, 0.15) is 0 Å². The first kappa shape index (κ1) is 9.32. The van der Waals surface area contributed by atoms with E-state index in [-0.39, 0.29) is 12.1 Å². The molecule has 0 spiro atoms. The number of hydrogen-bond donors (Lipinski definition) is 2. The number of likely N-dealkylation sites (tertiary alicyclic amines) is 1. The lowest BCUT2D eigenvalue weighted by Crippen LogP contribution is -2.44. The molecule has 1 aliphatic heterocycles. The number of carbonyl (C=O) groups is 1. The first-order valence-corrected chi connectivity index (χ1v) is 4.21. The normalized spacial score (nSPS) is 29.3. The highest BCUT2D eigenvalue weighted by Gasteiger charge is 2.38. The maximum absolute atomic E-state index is 10.7. The van der Waals surface area contributed by atoms with Crippen molar-refractivity contribution in [3.63, 3.8) is 0 Å². The summed E-state index contributed by atoms with van der Waals surface area (Å²) in [5.74, 6) is 0. The smallest absolute Gasteiger partial charge is 0.407 e. The molecule has 1 rings (SSSR count). The van der Waals surface area contributed by atoms with Gasteiger partial charge < -0.3 is 15.1 Å². The van der Waals surface area contributed by atoms with E-state index < -0.39 is 6.09 Å². The van der Waals surface area contributed by atoms with Crippen LogP contribution in [0.15, 0.2) is 0 Å². The van der Waals surface area contributed by atoms with Gasteiger partial charge in [-0.1, -0.05) is 0 Å². The Kier molecular flexibility index (Phi) is 2.57. The molecule has 4 heteroatoms. The Labute approximate surface area is 71.8 Å². The molecule has 1 heterocycles. The van der Waals surface area contributed by atoms with Gasteiger partial charge in [0.2, 0.25) is 0 Å². The predicted molar refractivity (Wildman–Crippen MR) is 44.1 cm³/mol. The molecule has 1 aliphatic rings. The third-order valence-electron chi connectivity index (χ3n) is 2.63. The molecule has 0 aromatic heterocycles. The van der Waals surface area contributed by atoms with Crippen LogP contribution < -0.4 is 0 Å². The van der Waals surface area contributed by atoms with Gasteiger partial charge in [0.05, 0.1) is 0 Å². The van der Waals surface area contributed by atoms with Gasteiger partial charge in [0, 0.05) is 18.7 Å². The first-order valence-electron chi connectivity index (χ1n) is 4.21. The molecule has 0 aromatic rings. The van der Waals surface area contributed by atoms with Crippen molar-refractivity contribution in [1.82, 2.24) is 4.90 Å². The van der Waals surface area contributed by atoms with Crippen molar-refractivity contribution in [2.75, 3.05) is 13.2 Å². The van der Waals surface area contributed by atoms with Crippen LogP contribution in [-0.4, -0.2) is 39.9 Å². The van der Waals surface area contributed by atoms with Crippen LogP contribution in [0.3, 0.4) is 0 Å². The summed E-state index contributed by atoms with van der Waals surface area (Å²) in [6, 6.07) is 0. The number of amides is 1. The van der Waals surface area contributed by atoms with Crippen LogP contribution in [0, 0.1) is 0 Å². The van der Waals surface area contributed by atoms with Crippen LogP contribution in [0.2, 0.25) is 0 Å². The van der Waals surface area contributed by atoms with Gasteiger partial charge in [-0.25, -0.2) is 4.79 Å². The van der Waals surface area contributed by atoms with Gasteiger partial charge in [-0.15, -0.1) is 0 Å². The number of aliphatic hydroxyl groups is 1. The minimum Gasteiger partial charge on any atom is -0.465 e. The molecule has 0 aromatic carbocycles. The molecule has 0 saturated carbocycles. The van der Waals surface area contributed by atoms with Crippen molar-refractivity contribution >= 4 is 6.09 Å². The van der Waals surface area contributed by atoms with Crippen molar-refractivity contribution in [2.24, 2.45) is 0 Å². The van der Waals surface area contributed by atoms with E-state index in [9.17, 15) is 4.79 Å². The third-order valence-corrected chi connectivity index (χ3v) is 2.63. The second kappa shape index (κ2) is 3.31. The Hall–Kier alpha value is -0.770. The van der Waals surface area contributed by atoms with Crippen molar-refractivity contribution in [3.8, 4) is 0 Å². The summed E-state index contributed by atoms with van der Waals surface area (Å²) in [6.07, 6.45) is 1.44. The van der Waals surface area contributed by atoms with Gasteiger partial charge in [0.15, 0.2) is 0 Å². The van der Waals surface area contributed by atoms with Gasteiger partial charge in [0.25, 0.3) is 0 Å². The topological polar surface area (TPSA) is 60.8 Å². The highest BCUT2D eigenvalue weighted by molar-refractivity contribution is 5.66. The maximum atomic E-state index is 10.7. The van der Waals surface area contributed by atoms with E-state index in [0.717, 1.165) is 12.8 Å². The first-order chi connectivity index (χ1) is 5.60. The molecular weight excluding hydrogens is 158 g/mol. The largest absolute Gasteiger partial charge is 0.465 e. The van der Waals surface area contributed by atoms with Gasteiger partial charge in [-0.2, -0.15) is 0 Å². The predicted octanol–water partition coefficient (Wildman–Crippen LogP) is 0.901. The van der Waals surface area contributed by atoms with Gasteiger partial charge in [-0.05, 0) is 26.2 Å². The highest BCUT2D eigenvalue weighted by Crippen LogP contribution is 2.31. The zero-order chi connectivity index (χ0) is 9.19. The van der Waals surface area contributed by atoms with Crippen molar-refractivity contribution in [2.45, 2.75) is 31.7 Å². The van der Waals surface area contributed by atoms with E-state index in [4.69, 9.17) is 10.2 Å². The van der Waals surface area contributed by atoms with Crippen LogP contribution in [0.4, 0.5) is 4.79 Å². The Morgan fingerprint density at radius 1 is 1.67 bits per heavy atom. The van der Waals surface area contributed by atoms with Crippen LogP contribution in [0.5, 0.6) is 0 Å². The van der Waals surface area contributed by atoms with Crippen LogP contribution >= 0.6 is 0 Å². The zero-order valence-electron chi connectivity index (χ0n) is 7.29. The standard InChI is InChI=1S/C8H15NO3/c1-8(4-6-10)3-2-5-9(8)7(11)12/h10H,2-6H2,1H3,(H,11,12). The summed E-state index contributed by atoms with van der Waals surface area (Å²) in [5.41, 5.74) is -0.333. The molecule has 1 unspecified atom stereocenters. The fraction of sp³-hybridized carbons (Fsp3) is 0.875. The van der Waals surface area contributed by atoms with Crippen LogP contribution in [0.25, 0.3) is 0 Å². The molecule has 1 amide bonds. The summed E-state index contributed by atoms with van der Waals surface area (Å²) in [4.78, 5) is 12.2. The third kappa shape index (κ3) is 1.53. The average Bonchev–Trinajstić information content (AvgIpc) is 2.32. The van der Waals surface area contributed by atoms with E-state index in [2.05, 4.69) is 0 Å². The molecule has 1 fully saturated rings. The second-order valence-corrected chi connectivity index (χ2v) is 3.51. The van der Waals surface area contributed by atoms with E-state index >= 15 is 0 Å². The molecule has 1 atom stereocenters. The van der Waals surface area contributed by atoms with Crippen molar-refractivity contribution < 1.29 is 15.0 Å². The van der Waals surface area contributed by atoms with Gasteiger partial charge in [-0.3, -0.25) is 0 Å². The van der Waals surface area contributed by atoms with Crippen LogP contribution in [0.1, 0.15) is 26.2 Å². The van der Waals surface area contributed by atoms with E-state index in [0.29, 0.717) is 13.0 Å². The minimum atomic E-state index is -0.872. The highest BCUT2D eigenvalue weighted by atomic mass is 16.4. The lowest BCUT2D eigenvalue weighted by atomic mass is 9.95. The second-order valence-electron chi connectivity index (χ2n) is 3.51. The zero-order valence-corrected chi connectivity index (χ0v) is 7.29. The molecule has 1 saturated heterocycles. The summed E-state index contributed by atoms with van der Waals surface area (Å²) < 4.78 is 0. The Morgan fingerprint density at radius 2 is 2.33 bits per heavy atom. The van der Waals surface area contributed by atoms with Crippen molar-refractivity contribution in [3.05, 3.63) is 0 Å². The fourth-order valence-electron chi connectivity index (χ4n) is 1.85. The lowest BCUT2D eigenvalue weighted by Gasteiger charge is -2.32. The van der Waals surface area contributed by atoms with Crippen LogP contribution in [-0.2, 0) is 0 Å². The molecule has 0 aliphatic carbocycles. The molecule has 12 heavy (non-hydrogen) atoms. The summed E-state index contributed by atoms with van der Waals surface area (Å²) >= 11 is 0. The molecule has 4 nitrogen and oxygen atoms in total. The minimum absolute atomic E-state index is 0.0558. The molecule has 0 bridgehead atoms. The number of aliphatic hydroxyl groups excluding tert-OH is 1. The number of carboxylic acid groups (broad SMARTS) is 1.